The lowest BCUT2D eigenvalue weighted by molar-refractivity contribution is 0.819. The second-order valence-electron chi connectivity index (χ2n) is 3.83. The summed E-state index contributed by atoms with van der Waals surface area (Å²) in [6.07, 6.45) is 0. The molecule has 2 aromatic rings. The number of rotatable bonds is 3. The summed E-state index contributed by atoms with van der Waals surface area (Å²) >= 11 is 12.4. The normalized spacial score (nSPS) is 12.4. The van der Waals surface area contributed by atoms with E-state index in [4.69, 9.17) is 28.9 Å². The molecule has 0 aliphatic carbocycles. The van der Waals surface area contributed by atoms with Gasteiger partial charge < -0.3 is 5.73 Å². The molecule has 0 aliphatic heterocycles. The van der Waals surface area contributed by atoms with E-state index in [9.17, 15) is 0 Å². The molecule has 2 aromatic carbocycles. The maximum atomic E-state index is 6.21. The molecule has 0 radical (unpaired) electrons. The fourth-order valence-corrected chi connectivity index (χ4v) is 2.61. The first-order valence-electron chi connectivity index (χ1n) is 5.43. The molecular weight excluding hydrogens is 253 g/mol. The van der Waals surface area contributed by atoms with E-state index in [-0.39, 0.29) is 5.92 Å². The number of benzene rings is 2. The summed E-state index contributed by atoms with van der Waals surface area (Å²) in [6, 6.07) is 15.6. The molecule has 1 atom stereocenters. The average molecular weight is 266 g/mol. The molecule has 2 N–H and O–H groups in total. The van der Waals surface area contributed by atoms with Crippen molar-refractivity contribution in [3.8, 4) is 0 Å². The Balaban J connectivity index is 2.50. The first-order valence-corrected chi connectivity index (χ1v) is 6.18. The zero-order chi connectivity index (χ0) is 12.3. The molecular formula is C14H13Cl2N. The van der Waals surface area contributed by atoms with E-state index in [2.05, 4.69) is 0 Å². The Labute approximate surface area is 111 Å². The van der Waals surface area contributed by atoms with Gasteiger partial charge in [-0.3, -0.25) is 0 Å². The maximum Gasteiger partial charge on any atom is 0.0459 e. The standard InChI is InChI=1S/C14H13Cl2N/c15-12-7-4-8-13(16)14(12)11(9-17)10-5-2-1-3-6-10/h1-8,11H,9,17H2/t11-/m1/s1. The largest absolute Gasteiger partial charge is 0.330 e. The highest BCUT2D eigenvalue weighted by Gasteiger charge is 2.18. The summed E-state index contributed by atoms with van der Waals surface area (Å²) in [4.78, 5) is 0. The van der Waals surface area contributed by atoms with Crippen LogP contribution in [0, 0.1) is 0 Å². The van der Waals surface area contributed by atoms with Gasteiger partial charge in [-0.25, -0.2) is 0 Å². The van der Waals surface area contributed by atoms with E-state index < -0.39 is 0 Å². The zero-order valence-corrected chi connectivity index (χ0v) is 10.7. The number of hydrogen-bond donors (Lipinski definition) is 1. The molecule has 0 aliphatic rings. The second-order valence-corrected chi connectivity index (χ2v) is 4.65. The Morgan fingerprint density at radius 1 is 0.882 bits per heavy atom. The van der Waals surface area contributed by atoms with E-state index in [1.807, 2.05) is 48.5 Å². The fraction of sp³-hybridized carbons (Fsp3) is 0.143. The Kier molecular flexibility index (Phi) is 4.06. The van der Waals surface area contributed by atoms with Gasteiger partial charge in [-0.05, 0) is 23.3 Å². The number of nitrogens with two attached hydrogens (primary N) is 1. The molecule has 0 aromatic heterocycles. The van der Waals surface area contributed by atoms with Crippen molar-refractivity contribution in [3.05, 3.63) is 69.7 Å². The SMILES string of the molecule is NC[C@H](c1ccccc1)c1c(Cl)cccc1Cl. The lowest BCUT2D eigenvalue weighted by Crippen LogP contribution is -2.14. The van der Waals surface area contributed by atoms with Crippen molar-refractivity contribution in [2.24, 2.45) is 5.73 Å². The molecule has 17 heavy (non-hydrogen) atoms. The Morgan fingerprint density at radius 2 is 1.47 bits per heavy atom. The Morgan fingerprint density at radius 3 is 2.00 bits per heavy atom. The molecule has 1 nitrogen and oxygen atoms in total. The third kappa shape index (κ3) is 2.63. The first kappa shape index (κ1) is 12.4. The highest BCUT2D eigenvalue weighted by molar-refractivity contribution is 6.36. The van der Waals surface area contributed by atoms with Crippen LogP contribution in [0.1, 0.15) is 17.0 Å². The van der Waals surface area contributed by atoms with Crippen molar-refractivity contribution >= 4 is 23.2 Å². The fourth-order valence-electron chi connectivity index (χ4n) is 1.95. The maximum absolute atomic E-state index is 6.21. The lowest BCUT2D eigenvalue weighted by atomic mass is 9.91. The minimum absolute atomic E-state index is 0.0393. The van der Waals surface area contributed by atoms with Crippen molar-refractivity contribution in [1.29, 1.82) is 0 Å². The van der Waals surface area contributed by atoms with Crippen LogP contribution in [0.2, 0.25) is 10.0 Å². The molecule has 0 unspecified atom stereocenters. The summed E-state index contributed by atoms with van der Waals surface area (Å²) < 4.78 is 0. The van der Waals surface area contributed by atoms with Gasteiger partial charge in [-0.1, -0.05) is 59.6 Å². The molecule has 0 spiro atoms. The molecule has 0 saturated heterocycles. The third-order valence-corrected chi connectivity index (χ3v) is 3.44. The summed E-state index contributed by atoms with van der Waals surface area (Å²) in [5, 5.41) is 1.33. The highest BCUT2D eigenvalue weighted by atomic mass is 35.5. The smallest absolute Gasteiger partial charge is 0.0459 e. The van der Waals surface area contributed by atoms with Crippen LogP contribution < -0.4 is 5.73 Å². The number of halogens is 2. The Hall–Kier alpha value is -1.02. The van der Waals surface area contributed by atoms with Gasteiger partial charge in [0.05, 0.1) is 0 Å². The predicted octanol–water partition coefficient (Wildman–Crippen LogP) is 4.08. The van der Waals surface area contributed by atoms with E-state index >= 15 is 0 Å². The zero-order valence-electron chi connectivity index (χ0n) is 9.24. The second kappa shape index (κ2) is 5.54. The van der Waals surface area contributed by atoms with Crippen LogP contribution in [0.15, 0.2) is 48.5 Å². The predicted molar refractivity (Wildman–Crippen MR) is 73.8 cm³/mol. The van der Waals surface area contributed by atoms with E-state index in [0.717, 1.165) is 11.1 Å². The topological polar surface area (TPSA) is 26.0 Å². The van der Waals surface area contributed by atoms with Crippen molar-refractivity contribution in [3.63, 3.8) is 0 Å². The van der Waals surface area contributed by atoms with Crippen molar-refractivity contribution in [2.75, 3.05) is 6.54 Å². The summed E-state index contributed by atoms with van der Waals surface area (Å²) in [7, 11) is 0. The van der Waals surface area contributed by atoms with Gasteiger partial charge in [-0.15, -0.1) is 0 Å². The van der Waals surface area contributed by atoms with Crippen LogP contribution in [-0.2, 0) is 0 Å². The van der Waals surface area contributed by atoms with Crippen LogP contribution in [0.25, 0.3) is 0 Å². The van der Waals surface area contributed by atoms with Gasteiger partial charge in [0.1, 0.15) is 0 Å². The van der Waals surface area contributed by atoms with Crippen LogP contribution in [0.3, 0.4) is 0 Å². The summed E-state index contributed by atoms with van der Waals surface area (Å²) in [5.74, 6) is 0.0393. The van der Waals surface area contributed by atoms with Crippen molar-refractivity contribution in [1.82, 2.24) is 0 Å². The van der Waals surface area contributed by atoms with Crippen LogP contribution in [-0.4, -0.2) is 6.54 Å². The van der Waals surface area contributed by atoms with Crippen LogP contribution in [0.5, 0.6) is 0 Å². The van der Waals surface area contributed by atoms with E-state index in [1.54, 1.807) is 0 Å². The van der Waals surface area contributed by atoms with Crippen molar-refractivity contribution in [2.45, 2.75) is 5.92 Å². The summed E-state index contributed by atoms with van der Waals surface area (Å²) in [5.41, 5.74) is 7.89. The minimum Gasteiger partial charge on any atom is -0.330 e. The molecule has 0 amide bonds. The average Bonchev–Trinajstić information content (AvgIpc) is 2.35. The van der Waals surface area contributed by atoms with E-state index in [0.29, 0.717) is 16.6 Å². The lowest BCUT2D eigenvalue weighted by Gasteiger charge is -2.18. The Bertz CT molecular complexity index is 477. The molecule has 2 rings (SSSR count). The molecule has 0 saturated carbocycles. The van der Waals surface area contributed by atoms with Gasteiger partial charge in [0.25, 0.3) is 0 Å². The summed E-state index contributed by atoms with van der Waals surface area (Å²) in [6.45, 7) is 0.480. The van der Waals surface area contributed by atoms with Gasteiger partial charge in [-0.2, -0.15) is 0 Å². The molecule has 0 bridgehead atoms. The van der Waals surface area contributed by atoms with Crippen molar-refractivity contribution < 1.29 is 0 Å². The monoisotopic (exact) mass is 265 g/mol. The first-order chi connectivity index (χ1) is 8.24. The highest BCUT2D eigenvalue weighted by Crippen LogP contribution is 2.34. The van der Waals surface area contributed by atoms with Gasteiger partial charge in [0.2, 0.25) is 0 Å². The van der Waals surface area contributed by atoms with Crippen LogP contribution in [0.4, 0.5) is 0 Å². The van der Waals surface area contributed by atoms with Gasteiger partial charge in [0, 0.05) is 22.5 Å². The molecule has 88 valence electrons. The molecule has 0 fully saturated rings. The van der Waals surface area contributed by atoms with Crippen LogP contribution >= 0.6 is 23.2 Å². The van der Waals surface area contributed by atoms with Gasteiger partial charge in [0.15, 0.2) is 0 Å². The molecule has 3 heteroatoms. The third-order valence-electron chi connectivity index (χ3n) is 2.79. The van der Waals surface area contributed by atoms with E-state index in [1.165, 1.54) is 0 Å². The minimum atomic E-state index is 0.0393. The number of hydrogen-bond acceptors (Lipinski definition) is 1. The van der Waals surface area contributed by atoms with Gasteiger partial charge >= 0.3 is 0 Å². The quantitative estimate of drug-likeness (QED) is 0.889. The molecule has 0 heterocycles.